The van der Waals surface area contributed by atoms with Gasteiger partial charge in [-0.15, -0.1) is 0 Å². The summed E-state index contributed by atoms with van der Waals surface area (Å²) in [6.45, 7) is 7.08. The van der Waals surface area contributed by atoms with Crippen LogP contribution in [-0.2, 0) is 0 Å². The number of nitrogens with one attached hydrogen (secondary N) is 1. The van der Waals surface area contributed by atoms with Crippen LogP contribution in [0, 0.1) is 11.3 Å². The van der Waals surface area contributed by atoms with Crippen molar-refractivity contribution in [2.75, 3.05) is 19.5 Å². The van der Waals surface area contributed by atoms with Crippen molar-refractivity contribution in [3.63, 3.8) is 0 Å². The molecule has 1 saturated carbocycles. The monoisotopic (exact) mass is 291 g/mol. The van der Waals surface area contributed by atoms with Gasteiger partial charge in [0.15, 0.2) is 0 Å². The summed E-state index contributed by atoms with van der Waals surface area (Å²) in [5.41, 5.74) is 1.52. The molecule has 0 heterocycles. The minimum absolute atomic E-state index is 0.435. The summed E-state index contributed by atoms with van der Waals surface area (Å²) < 4.78 is 10.7. The van der Waals surface area contributed by atoms with E-state index in [-0.39, 0.29) is 0 Å². The Morgan fingerprint density at radius 3 is 1.86 bits per heavy atom. The normalized spacial score (nSPS) is 22.7. The Balaban J connectivity index is 1.97. The summed E-state index contributed by atoms with van der Waals surface area (Å²) in [6.07, 6.45) is 5.09. The van der Waals surface area contributed by atoms with E-state index in [9.17, 15) is 0 Å². The van der Waals surface area contributed by atoms with Crippen molar-refractivity contribution in [2.45, 2.75) is 52.5 Å². The molecule has 118 valence electrons. The molecule has 1 aromatic rings. The molecule has 3 heteroatoms. The Labute approximate surface area is 129 Å². The van der Waals surface area contributed by atoms with Gasteiger partial charge in [-0.05, 0) is 37.0 Å². The molecule has 0 aliphatic heterocycles. The molecular weight excluding hydrogens is 262 g/mol. The van der Waals surface area contributed by atoms with Crippen LogP contribution in [-0.4, -0.2) is 20.3 Å². The summed E-state index contributed by atoms with van der Waals surface area (Å²) in [6, 6.07) is 6.54. The Kier molecular flexibility index (Phi) is 5.02. The Morgan fingerprint density at radius 1 is 0.905 bits per heavy atom. The van der Waals surface area contributed by atoms with Crippen LogP contribution in [0.3, 0.4) is 0 Å². The van der Waals surface area contributed by atoms with Crippen LogP contribution in [0.2, 0.25) is 0 Å². The van der Waals surface area contributed by atoms with Crippen molar-refractivity contribution in [1.82, 2.24) is 0 Å². The fourth-order valence-electron chi connectivity index (χ4n) is 3.23. The largest absolute Gasteiger partial charge is 0.497 e. The van der Waals surface area contributed by atoms with Gasteiger partial charge >= 0.3 is 0 Å². The smallest absolute Gasteiger partial charge is 0.124 e. The number of benzene rings is 1. The van der Waals surface area contributed by atoms with Crippen LogP contribution in [0.5, 0.6) is 11.5 Å². The molecule has 0 radical (unpaired) electrons. The molecule has 1 N–H and O–H groups in total. The molecule has 1 fully saturated rings. The lowest BCUT2D eigenvalue weighted by Gasteiger charge is -2.37. The van der Waals surface area contributed by atoms with E-state index in [4.69, 9.17) is 9.47 Å². The maximum atomic E-state index is 5.33. The minimum Gasteiger partial charge on any atom is -0.497 e. The molecule has 21 heavy (non-hydrogen) atoms. The highest BCUT2D eigenvalue weighted by atomic mass is 16.5. The molecule has 3 nitrogen and oxygen atoms in total. The van der Waals surface area contributed by atoms with Gasteiger partial charge in [0.2, 0.25) is 0 Å². The van der Waals surface area contributed by atoms with Gasteiger partial charge in [-0.2, -0.15) is 0 Å². The van der Waals surface area contributed by atoms with E-state index in [2.05, 4.69) is 26.1 Å². The first-order valence-corrected chi connectivity index (χ1v) is 7.92. The number of rotatable bonds is 4. The summed E-state index contributed by atoms with van der Waals surface area (Å²) in [5.74, 6) is 2.51. The highest BCUT2D eigenvalue weighted by Crippen LogP contribution is 2.38. The number of hydrogen-bond acceptors (Lipinski definition) is 3. The zero-order valence-electron chi connectivity index (χ0n) is 14.0. The van der Waals surface area contributed by atoms with Gasteiger partial charge in [-0.25, -0.2) is 0 Å². The average molecular weight is 291 g/mol. The van der Waals surface area contributed by atoms with E-state index in [1.807, 2.05) is 18.2 Å². The quantitative estimate of drug-likeness (QED) is 0.870. The van der Waals surface area contributed by atoms with Crippen molar-refractivity contribution < 1.29 is 9.47 Å². The van der Waals surface area contributed by atoms with Crippen LogP contribution >= 0.6 is 0 Å². The second-order valence-corrected chi connectivity index (χ2v) is 7.16. The van der Waals surface area contributed by atoms with Crippen molar-refractivity contribution in [2.24, 2.45) is 11.3 Å². The predicted octanol–water partition coefficient (Wildman–Crippen LogP) is 4.72. The molecule has 1 aromatic carbocycles. The van der Waals surface area contributed by atoms with Crippen LogP contribution < -0.4 is 14.8 Å². The molecule has 1 aliphatic carbocycles. The third-order valence-corrected chi connectivity index (χ3v) is 4.67. The third kappa shape index (κ3) is 4.29. The van der Waals surface area contributed by atoms with E-state index in [1.165, 1.54) is 25.7 Å². The van der Waals surface area contributed by atoms with Crippen molar-refractivity contribution in [3.8, 4) is 11.5 Å². The molecule has 0 unspecified atom stereocenters. The fourth-order valence-corrected chi connectivity index (χ4v) is 3.23. The Morgan fingerprint density at radius 2 is 1.43 bits per heavy atom. The second-order valence-electron chi connectivity index (χ2n) is 7.16. The van der Waals surface area contributed by atoms with E-state index in [0.717, 1.165) is 23.1 Å². The molecule has 0 spiro atoms. The van der Waals surface area contributed by atoms with E-state index < -0.39 is 0 Å². The lowest BCUT2D eigenvalue weighted by molar-refractivity contribution is 0.173. The molecule has 0 amide bonds. The fraction of sp³-hybridized carbons (Fsp3) is 0.667. The topological polar surface area (TPSA) is 30.5 Å². The Hall–Kier alpha value is -1.38. The first-order valence-electron chi connectivity index (χ1n) is 7.92. The predicted molar refractivity (Wildman–Crippen MR) is 88.4 cm³/mol. The standard InChI is InChI=1S/C18H29NO2/c1-18(2,3)13-6-8-14(9-7-13)19-15-10-16(20-4)12-17(11-15)21-5/h10-14,19H,6-9H2,1-5H3. The van der Waals surface area contributed by atoms with Crippen molar-refractivity contribution >= 4 is 5.69 Å². The van der Waals surface area contributed by atoms with Crippen LogP contribution in [0.25, 0.3) is 0 Å². The maximum Gasteiger partial charge on any atom is 0.124 e. The van der Waals surface area contributed by atoms with E-state index in [0.29, 0.717) is 11.5 Å². The first kappa shape index (κ1) is 16.0. The highest BCUT2D eigenvalue weighted by Gasteiger charge is 2.29. The first-order chi connectivity index (χ1) is 9.92. The van der Waals surface area contributed by atoms with Crippen molar-refractivity contribution in [1.29, 1.82) is 0 Å². The Bertz CT molecular complexity index is 435. The van der Waals surface area contributed by atoms with Gasteiger partial charge in [-0.1, -0.05) is 20.8 Å². The van der Waals surface area contributed by atoms with Gasteiger partial charge in [0.05, 0.1) is 14.2 Å². The second kappa shape index (κ2) is 6.59. The number of methoxy groups -OCH3 is 2. The van der Waals surface area contributed by atoms with Crippen LogP contribution in [0.1, 0.15) is 46.5 Å². The average Bonchev–Trinajstić information content (AvgIpc) is 2.46. The lowest BCUT2D eigenvalue weighted by atomic mass is 9.71. The van der Waals surface area contributed by atoms with Crippen LogP contribution in [0.4, 0.5) is 5.69 Å². The molecule has 2 rings (SSSR count). The SMILES string of the molecule is COc1cc(NC2CCC(C(C)(C)C)CC2)cc(OC)c1. The molecule has 0 bridgehead atoms. The van der Waals surface area contributed by atoms with Gasteiger partial charge in [0.25, 0.3) is 0 Å². The summed E-state index contributed by atoms with van der Waals surface area (Å²) >= 11 is 0. The molecule has 0 saturated heterocycles. The number of anilines is 1. The molecule has 0 aromatic heterocycles. The van der Waals surface area contributed by atoms with Crippen LogP contribution in [0.15, 0.2) is 18.2 Å². The number of ether oxygens (including phenoxy) is 2. The molecular formula is C18H29NO2. The minimum atomic E-state index is 0.435. The number of hydrogen-bond donors (Lipinski definition) is 1. The highest BCUT2D eigenvalue weighted by molar-refractivity contribution is 5.54. The van der Waals surface area contributed by atoms with Gasteiger partial charge in [0.1, 0.15) is 11.5 Å². The zero-order valence-corrected chi connectivity index (χ0v) is 14.0. The summed E-state index contributed by atoms with van der Waals surface area (Å²) in [4.78, 5) is 0. The molecule has 1 aliphatic rings. The summed E-state index contributed by atoms with van der Waals surface area (Å²) in [5, 5.41) is 3.64. The maximum absolute atomic E-state index is 5.33. The van der Waals surface area contributed by atoms with E-state index >= 15 is 0 Å². The zero-order chi connectivity index (χ0) is 15.5. The van der Waals surface area contributed by atoms with Gasteiger partial charge in [0, 0.05) is 29.9 Å². The lowest BCUT2D eigenvalue weighted by Crippen LogP contribution is -2.31. The van der Waals surface area contributed by atoms with Gasteiger partial charge in [-0.3, -0.25) is 0 Å². The third-order valence-electron chi connectivity index (χ3n) is 4.67. The van der Waals surface area contributed by atoms with Crippen molar-refractivity contribution in [3.05, 3.63) is 18.2 Å². The molecule has 0 atom stereocenters. The summed E-state index contributed by atoms with van der Waals surface area (Å²) in [7, 11) is 3.38. The van der Waals surface area contributed by atoms with E-state index in [1.54, 1.807) is 14.2 Å². The van der Waals surface area contributed by atoms with Gasteiger partial charge < -0.3 is 14.8 Å².